The van der Waals surface area contributed by atoms with Crippen molar-refractivity contribution in [1.82, 2.24) is 0 Å². The maximum atomic E-state index is 13.1. The van der Waals surface area contributed by atoms with Gasteiger partial charge in [0.05, 0.1) is 18.1 Å². The highest BCUT2D eigenvalue weighted by Crippen LogP contribution is 2.56. The Bertz CT molecular complexity index is 713. The van der Waals surface area contributed by atoms with Crippen molar-refractivity contribution in [2.75, 3.05) is 4.90 Å². The molecule has 3 aliphatic rings. The molecule has 0 saturated carbocycles. The normalized spacial score (nSPS) is 37.2. The second-order valence-corrected chi connectivity index (χ2v) is 6.22. The van der Waals surface area contributed by atoms with Gasteiger partial charge in [0.1, 0.15) is 11.5 Å². The van der Waals surface area contributed by atoms with Crippen LogP contribution in [0.1, 0.15) is 6.42 Å². The van der Waals surface area contributed by atoms with Gasteiger partial charge in [0.15, 0.2) is 0 Å². The number of aliphatic carboxylic acids is 1. The SMILES string of the molecule is C=CC[C@H]1N(c2ccccc2)C(=O)[C@H]2[C@@H](C(=O)O)[C@H]3C=C[C@@]21O3. The number of fused-ring (bicyclic) bond motifs is 1. The van der Waals surface area contributed by atoms with Crippen LogP contribution in [0.15, 0.2) is 55.1 Å². The predicted octanol–water partition coefficient (Wildman–Crippen LogP) is 2.00. The third-order valence-electron chi connectivity index (χ3n) is 5.13. The minimum atomic E-state index is -0.980. The number of ether oxygens (including phenoxy) is 1. The molecule has 2 bridgehead atoms. The summed E-state index contributed by atoms with van der Waals surface area (Å²) in [6.07, 6.45) is 5.44. The van der Waals surface area contributed by atoms with Gasteiger partial charge in [-0.25, -0.2) is 0 Å². The average Bonchev–Trinajstić information content (AvgIpc) is 3.18. The van der Waals surface area contributed by atoms with Gasteiger partial charge >= 0.3 is 5.97 Å². The van der Waals surface area contributed by atoms with E-state index in [0.717, 1.165) is 5.69 Å². The van der Waals surface area contributed by atoms with Crippen LogP contribution >= 0.6 is 0 Å². The number of carbonyl (C=O) groups is 2. The first-order valence-corrected chi connectivity index (χ1v) is 7.69. The molecule has 0 aliphatic carbocycles. The molecule has 0 aromatic heterocycles. The average molecular weight is 311 g/mol. The van der Waals surface area contributed by atoms with Crippen molar-refractivity contribution >= 4 is 17.6 Å². The number of amides is 1. The van der Waals surface area contributed by atoms with Gasteiger partial charge in [0.2, 0.25) is 5.91 Å². The smallest absolute Gasteiger partial charge is 0.310 e. The van der Waals surface area contributed by atoms with Gasteiger partial charge in [-0.15, -0.1) is 6.58 Å². The summed E-state index contributed by atoms with van der Waals surface area (Å²) in [5, 5.41) is 9.57. The number of carboxylic acids is 1. The molecule has 2 saturated heterocycles. The molecule has 1 aromatic carbocycles. The summed E-state index contributed by atoms with van der Waals surface area (Å²) < 4.78 is 6.04. The van der Waals surface area contributed by atoms with Crippen LogP contribution in [0.4, 0.5) is 5.69 Å². The summed E-state index contributed by atoms with van der Waals surface area (Å²) in [6.45, 7) is 3.79. The Morgan fingerprint density at radius 1 is 1.39 bits per heavy atom. The van der Waals surface area contributed by atoms with Crippen molar-refractivity contribution in [2.24, 2.45) is 11.8 Å². The van der Waals surface area contributed by atoms with Gasteiger partial charge < -0.3 is 14.7 Å². The maximum Gasteiger partial charge on any atom is 0.310 e. The number of hydrogen-bond acceptors (Lipinski definition) is 3. The van der Waals surface area contributed by atoms with Gasteiger partial charge in [-0.2, -0.15) is 0 Å². The van der Waals surface area contributed by atoms with Crippen LogP contribution in [0.3, 0.4) is 0 Å². The molecule has 1 aromatic rings. The number of carboxylic acid groups (broad SMARTS) is 1. The molecule has 23 heavy (non-hydrogen) atoms. The zero-order valence-corrected chi connectivity index (χ0v) is 12.5. The molecule has 5 nitrogen and oxygen atoms in total. The lowest BCUT2D eigenvalue weighted by Gasteiger charge is -2.32. The van der Waals surface area contributed by atoms with E-state index in [9.17, 15) is 14.7 Å². The molecule has 1 spiro atoms. The molecular formula is C18H17NO4. The molecule has 118 valence electrons. The second-order valence-electron chi connectivity index (χ2n) is 6.22. The van der Waals surface area contributed by atoms with Crippen LogP contribution in [0.25, 0.3) is 0 Å². The number of benzene rings is 1. The van der Waals surface area contributed by atoms with E-state index in [1.807, 2.05) is 36.4 Å². The lowest BCUT2D eigenvalue weighted by atomic mass is 9.74. The Morgan fingerprint density at radius 3 is 2.78 bits per heavy atom. The van der Waals surface area contributed by atoms with Gasteiger partial charge in [0.25, 0.3) is 0 Å². The standard InChI is InChI=1S/C18H17NO4/c1-2-6-13-18-10-9-12(23-18)14(17(21)22)15(18)16(20)19(13)11-7-4-3-5-8-11/h2-5,7-10,12-15H,1,6H2,(H,21,22)/t12-,13-,14+,15-,18+/m1/s1. The third-order valence-corrected chi connectivity index (χ3v) is 5.13. The lowest BCUT2D eigenvalue weighted by Crippen LogP contribution is -2.45. The van der Waals surface area contributed by atoms with Crippen molar-refractivity contribution in [2.45, 2.75) is 24.2 Å². The van der Waals surface area contributed by atoms with Crippen LogP contribution in [0.2, 0.25) is 0 Å². The van der Waals surface area contributed by atoms with Crippen molar-refractivity contribution in [3.05, 3.63) is 55.1 Å². The zero-order chi connectivity index (χ0) is 16.2. The molecule has 4 rings (SSSR count). The topological polar surface area (TPSA) is 66.8 Å². The number of para-hydroxylation sites is 1. The van der Waals surface area contributed by atoms with Crippen LogP contribution in [0.5, 0.6) is 0 Å². The van der Waals surface area contributed by atoms with E-state index in [4.69, 9.17) is 4.74 Å². The van der Waals surface area contributed by atoms with Crippen LogP contribution < -0.4 is 4.90 Å². The van der Waals surface area contributed by atoms with E-state index >= 15 is 0 Å². The van der Waals surface area contributed by atoms with Crippen molar-refractivity contribution in [3.8, 4) is 0 Å². The van der Waals surface area contributed by atoms with E-state index < -0.39 is 29.5 Å². The summed E-state index contributed by atoms with van der Waals surface area (Å²) in [5.41, 5.74) is -0.104. The highest BCUT2D eigenvalue weighted by Gasteiger charge is 2.71. The number of anilines is 1. The van der Waals surface area contributed by atoms with Gasteiger partial charge in [-0.3, -0.25) is 9.59 Å². The Balaban J connectivity index is 1.85. The predicted molar refractivity (Wildman–Crippen MR) is 83.9 cm³/mol. The van der Waals surface area contributed by atoms with Crippen LogP contribution in [0, 0.1) is 11.8 Å². The highest BCUT2D eigenvalue weighted by atomic mass is 16.5. The van der Waals surface area contributed by atoms with Crippen molar-refractivity contribution in [3.63, 3.8) is 0 Å². The summed E-state index contributed by atoms with van der Waals surface area (Å²) in [5.74, 6) is -2.66. The number of rotatable bonds is 4. The monoisotopic (exact) mass is 311 g/mol. The number of carbonyl (C=O) groups excluding carboxylic acids is 1. The first-order valence-electron chi connectivity index (χ1n) is 7.69. The van der Waals surface area contributed by atoms with E-state index in [1.54, 1.807) is 17.1 Å². The fraction of sp³-hybridized carbons (Fsp3) is 0.333. The van der Waals surface area contributed by atoms with Gasteiger partial charge in [-0.05, 0) is 18.6 Å². The summed E-state index contributed by atoms with van der Waals surface area (Å²) in [4.78, 5) is 26.5. The zero-order valence-electron chi connectivity index (χ0n) is 12.5. The number of nitrogens with zero attached hydrogens (tertiary/aromatic N) is 1. The second kappa shape index (κ2) is 4.80. The molecule has 5 heteroatoms. The molecule has 0 radical (unpaired) electrons. The largest absolute Gasteiger partial charge is 0.481 e. The molecule has 1 N–H and O–H groups in total. The first kappa shape index (κ1) is 14.2. The van der Waals surface area contributed by atoms with E-state index in [2.05, 4.69) is 6.58 Å². The maximum absolute atomic E-state index is 13.1. The number of hydrogen-bond donors (Lipinski definition) is 1. The van der Waals surface area contributed by atoms with E-state index in [1.165, 1.54) is 0 Å². The fourth-order valence-corrected chi connectivity index (χ4v) is 4.27. The van der Waals surface area contributed by atoms with Crippen molar-refractivity contribution < 1.29 is 19.4 Å². The Kier molecular flexibility index (Phi) is 2.96. The van der Waals surface area contributed by atoms with E-state index in [0.29, 0.717) is 6.42 Å². The molecule has 3 aliphatic heterocycles. The Morgan fingerprint density at radius 2 is 2.13 bits per heavy atom. The Labute approximate surface area is 133 Å². The van der Waals surface area contributed by atoms with Crippen LogP contribution in [-0.4, -0.2) is 34.7 Å². The first-order chi connectivity index (χ1) is 11.1. The van der Waals surface area contributed by atoms with E-state index in [-0.39, 0.29) is 11.9 Å². The van der Waals surface area contributed by atoms with Crippen LogP contribution in [-0.2, 0) is 14.3 Å². The minimum Gasteiger partial charge on any atom is -0.481 e. The molecule has 2 fully saturated rings. The van der Waals surface area contributed by atoms with Crippen molar-refractivity contribution in [1.29, 1.82) is 0 Å². The molecule has 0 unspecified atom stereocenters. The van der Waals surface area contributed by atoms with Gasteiger partial charge in [0, 0.05) is 5.69 Å². The highest BCUT2D eigenvalue weighted by molar-refractivity contribution is 6.03. The molecule has 3 heterocycles. The molecule has 5 atom stereocenters. The minimum absolute atomic E-state index is 0.178. The quantitative estimate of drug-likeness (QED) is 0.864. The molecular weight excluding hydrogens is 294 g/mol. The summed E-state index contributed by atoms with van der Waals surface area (Å²) >= 11 is 0. The summed E-state index contributed by atoms with van der Waals surface area (Å²) in [6, 6.07) is 9.05. The third kappa shape index (κ3) is 1.71. The lowest BCUT2D eigenvalue weighted by molar-refractivity contribution is -0.146. The molecule has 1 amide bonds. The fourth-order valence-electron chi connectivity index (χ4n) is 4.27. The Hall–Kier alpha value is -2.40. The van der Waals surface area contributed by atoms with Gasteiger partial charge in [-0.1, -0.05) is 36.4 Å². The summed E-state index contributed by atoms with van der Waals surface area (Å²) in [7, 11) is 0.